The molecule has 1 unspecified atom stereocenters. The lowest BCUT2D eigenvalue weighted by Gasteiger charge is -2.41. The molecule has 1 aliphatic heterocycles. The first-order valence-electron chi connectivity index (χ1n) is 7.38. The van der Waals surface area contributed by atoms with Gasteiger partial charge in [-0.1, -0.05) is 26.2 Å². The summed E-state index contributed by atoms with van der Waals surface area (Å²) < 4.78 is 11.3. The molecule has 0 aromatic rings. The van der Waals surface area contributed by atoms with Crippen molar-refractivity contribution < 1.29 is 14.3 Å². The number of carbonyl (C=O) groups is 1. The minimum absolute atomic E-state index is 0.218. The van der Waals surface area contributed by atoms with Crippen LogP contribution >= 0.6 is 0 Å². The molecule has 1 aliphatic rings. The monoisotopic (exact) mass is 271 g/mol. The van der Waals surface area contributed by atoms with Crippen molar-refractivity contribution in [3.8, 4) is 0 Å². The summed E-state index contributed by atoms with van der Waals surface area (Å²) in [5.74, 6) is 0. The summed E-state index contributed by atoms with van der Waals surface area (Å²) in [5, 5.41) is 0. The van der Waals surface area contributed by atoms with Gasteiger partial charge in [0.2, 0.25) is 0 Å². The van der Waals surface area contributed by atoms with Crippen molar-refractivity contribution in [3.05, 3.63) is 0 Å². The van der Waals surface area contributed by atoms with E-state index in [0.29, 0.717) is 19.7 Å². The van der Waals surface area contributed by atoms with Crippen molar-refractivity contribution in [2.24, 2.45) is 0 Å². The van der Waals surface area contributed by atoms with Crippen LogP contribution in [-0.2, 0) is 9.47 Å². The molecular weight excluding hydrogens is 242 g/mol. The first-order valence-corrected chi connectivity index (χ1v) is 7.38. The Bertz CT molecular complexity index is 298. The van der Waals surface area contributed by atoms with Crippen molar-refractivity contribution in [2.75, 3.05) is 19.7 Å². The van der Waals surface area contributed by atoms with Crippen LogP contribution in [0.25, 0.3) is 0 Å². The Morgan fingerprint density at radius 1 is 1.37 bits per heavy atom. The lowest BCUT2D eigenvalue weighted by molar-refractivity contribution is -0.103. The number of hydrogen-bond donors (Lipinski definition) is 0. The normalized spacial score (nSPS) is 24.4. The van der Waals surface area contributed by atoms with Crippen molar-refractivity contribution >= 4 is 6.09 Å². The Kier molecular flexibility index (Phi) is 5.65. The highest BCUT2D eigenvalue weighted by atomic mass is 16.6. The van der Waals surface area contributed by atoms with Crippen molar-refractivity contribution in [3.63, 3.8) is 0 Å². The fraction of sp³-hybridized carbons (Fsp3) is 0.933. The maximum atomic E-state index is 12.1. The Morgan fingerprint density at radius 3 is 2.63 bits per heavy atom. The molecule has 1 saturated heterocycles. The smallest absolute Gasteiger partial charge is 0.410 e. The van der Waals surface area contributed by atoms with Gasteiger partial charge in [0.1, 0.15) is 5.60 Å². The quantitative estimate of drug-likeness (QED) is 0.733. The largest absolute Gasteiger partial charge is 0.444 e. The molecule has 0 N–H and O–H groups in total. The van der Waals surface area contributed by atoms with Crippen LogP contribution in [0.2, 0.25) is 0 Å². The van der Waals surface area contributed by atoms with Gasteiger partial charge >= 0.3 is 6.09 Å². The van der Waals surface area contributed by atoms with Crippen LogP contribution < -0.4 is 0 Å². The lowest BCUT2D eigenvalue weighted by Crippen LogP contribution is -2.53. The molecule has 1 heterocycles. The first kappa shape index (κ1) is 16.3. The van der Waals surface area contributed by atoms with Crippen LogP contribution in [0.4, 0.5) is 4.79 Å². The van der Waals surface area contributed by atoms with Crippen LogP contribution in [0.15, 0.2) is 0 Å². The second kappa shape index (κ2) is 6.60. The zero-order valence-corrected chi connectivity index (χ0v) is 13.1. The number of amides is 1. The summed E-state index contributed by atoms with van der Waals surface area (Å²) in [6.45, 7) is 11.8. The van der Waals surface area contributed by atoms with Crippen LogP contribution in [-0.4, -0.2) is 41.9 Å². The minimum atomic E-state index is -0.437. The summed E-state index contributed by atoms with van der Waals surface area (Å²) in [6.07, 6.45) is 4.34. The molecule has 0 radical (unpaired) electrons. The molecule has 0 spiro atoms. The highest BCUT2D eigenvalue weighted by molar-refractivity contribution is 5.68. The number of ether oxygens (including phenoxy) is 2. The third kappa shape index (κ3) is 5.81. The zero-order chi connectivity index (χ0) is 14.5. The van der Waals surface area contributed by atoms with E-state index in [1.165, 1.54) is 12.8 Å². The van der Waals surface area contributed by atoms with E-state index in [2.05, 4.69) is 13.8 Å². The van der Waals surface area contributed by atoms with Gasteiger partial charge in [-0.05, 0) is 34.1 Å². The molecule has 1 amide bonds. The number of morpholine rings is 1. The molecule has 0 bridgehead atoms. The summed E-state index contributed by atoms with van der Waals surface area (Å²) in [5.41, 5.74) is -0.654. The van der Waals surface area contributed by atoms with Gasteiger partial charge in [-0.25, -0.2) is 4.79 Å². The van der Waals surface area contributed by atoms with E-state index in [4.69, 9.17) is 9.47 Å². The molecule has 1 atom stereocenters. The number of rotatable bonds is 4. The van der Waals surface area contributed by atoms with Gasteiger partial charge in [0.15, 0.2) is 0 Å². The van der Waals surface area contributed by atoms with Gasteiger partial charge in [-0.2, -0.15) is 0 Å². The molecule has 1 fully saturated rings. The predicted octanol–water partition coefficient (Wildman–Crippen LogP) is 3.59. The van der Waals surface area contributed by atoms with Crippen LogP contribution in [0, 0.1) is 0 Å². The fourth-order valence-corrected chi connectivity index (χ4v) is 2.31. The fourth-order valence-electron chi connectivity index (χ4n) is 2.31. The SMILES string of the molecule is CCCCCC1(C)CN(C(=O)OC(C)(C)C)CCO1. The van der Waals surface area contributed by atoms with Gasteiger partial charge in [-0.15, -0.1) is 0 Å². The van der Waals surface area contributed by atoms with Crippen molar-refractivity contribution in [2.45, 2.75) is 71.5 Å². The Balaban J connectivity index is 2.51. The summed E-state index contributed by atoms with van der Waals surface area (Å²) in [4.78, 5) is 13.9. The summed E-state index contributed by atoms with van der Waals surface area (Å²) in [6, 6.07) is 0. The highest BCUT2D eigenvalue weighted by Gasteiger charge is 2.35. The minimum Gasteiger partial charge on any atom is -0.444 e. The molecule has 0 aromatic heterocycles. The van der Waals surface area contributed by atoms with Crippen molar-refractivity contribution in [1.82, 2.24) is 4.90 Å². The Morgan fingerprint density at radius 2 is 2.05 bits per heavy atom. The molecule has 0 aromatic carbocycles. The Hall–Kier alpha value is -0.770. The molecule has 4 nitrogen and oxygen atoms in total. The topological polar surface area (TPSA) is 38.8 Å². The third-order valence-corrected chi connectivity index (χ3v) is 3.30. The molecule has 1 rings (SSSR count). The second-order valence-corrected chi connectivity index (χ2v) is 6.66. The maximum absolute atomic E-state index is 12.1. The average molecular weight is 271 g/mol. The van der Waals surface area contributed by atoms with Gasteiger partial charge in [-0.3, -0.25) is 0 Å². The Labute approximate surface area is 117 Å². The molecular formula is C15H29NO3. The number of carbonyl (C=O) groups excluding carboxylic acids is 1. The second-order valence-electron chi connectivity index (χ2n) is 6.66. The van der Waals surface area contributed by atoms with E-state index in [0.717, 1.165) is 12.8 Å². The molecule has 4 heteroatoms. The first-order chi connectivity index (χ1) is 8.76. The van der Waals surface area contributed by atoms with Gasteiger partial charge in [0.25, 0.3) is 0 Å². The van der Waals surface area contributed by atoms with Crippen LogP contribution in [0.3, 0.4) is 0 Å². The molecule has 0 saturated carbocycles. The van der Waals surface area contributed by atoms with E-state index in [-0.39, 0.29) is 11.7 Å². The van der Waals surface area contributed by atoms with E-state index in [1.807, 2.05) is 20.8 Å². The standard InChI is InChI=1S/C15H29NO3/c1-6-7-8-9-15(5)12-16(10-11-18-15)13(17)19-14(2,3)4/h6-12H2,1-5H3. The van der Waals surface area contributed by atoms with Gasteiger partial charge in [0.05, 0.1) is 18.8 Å². The predicted molar refractivity (Wildman–Crippen MR) is 76.3 cm³/mol. The van der Waals surface area contributed by atoms with E-state index in [1.54, 1.807) is 4.90 Å². The zero-order valence-electron chi connectivity index (χ0n) is 13.1. The number of unbranched alkanes of at least 4 members (excludes halogenated alkanes) is 2. The third-order valence-electron chi connectivity index (χ3n) is 3.30. The molecule has 112 valence electrons. The van der Waals surface area contributed by atoms with E-state index < -0.39 is 5.60 Å². The summed E-state index contributed by atoms with van der Waals surface area (Å²) in [7, 11) is 0. The molecule has 19 heavy (non-hydrogen) atoms. The van der Waals surface area contributed by atoms with Crippen LogP contribution in [0.5, 0.6) is 0 Å². The average Bonchev–Trinajstić information content (AvgIpc) is 2.27. The summed E-state index contributed by atoms with van der Waals surface area (Å²) >= 11 is 0. The van der Waals surface area contributed by atoms with Gasteiger partial charge in [0, 0.05) is 6.54 Å². The van der Waals surface area contributed by atoms with E-state index in [9.17, 15) is 4.79 Å². The highest BCUT2D eigenvalue weighted by Crippen LogP contribution is 2.25. The van der Waals surface area contributed by atoms with Gasteiger partial charge < -0.3 is 14.4 Å². The van der Waals surface area contributed by atoms with Crippen molar-refractivity contribution in [1.29, 1.82) is 0 Å². The van der Waals surface area contributed by atoms with E-state index >= 15 is 0 Å². The maximum Gasteiger partial charge on any atom is 0.410 e. The number of nitrogens with zero attached hydrogens (tertiary/aromatic N) is 1. The number of hydrogen-bond acceptors (Lipinski definition) is 3. The molecule has 0 aliphatic carbocycles. The van der Waals surface area contributed by atoms with Crippen LogP contribution in [0.1, 0.15) is 60.3 Å². The lowest BCUT2D eigenvalue weighted by atomic mass is 9.96.